The van der Waals surface area contributed by atoms with Crippen molar-refractivity contribution in [3.8, 4) is 0 Å². The van der Waals surface area contributed by atoms with E-state index < -0.39 is 23.1 Å². The number of halogens is 5. The third-order valence-corrected chi connectivity index (χ3v) is 5.74. The van der Waals surface area contributed by atoms with Crippen molar-refractivity contribution in [2.75, 3.05) is 17.6 Å². The summed E-state index contributed by atoms with van der Waals surface area (Å²) in [5.74, 6) is 0.616. The van der Waals surface area contributed by atoms with E-state index in [1.165, 1.54) is 22.7 Å². The molecule has 0 spiro atoms. The highest BCUT2D eigenvalue weighted by atomic mass is 35.5. The van der Waals surface area contributed by atoms with E-state index in [-0.39, 0.29) is 15.7 Å². The fraction of sp³-hybridized carbons (Fsp3) is 0.235. The predicted molar refractivity (Wildman–Crippen MR) is 98.8 cm³/mol. The number of amides is 2. The molecule has 1 atom stereocenters. The van der Waals surface area contributed by atoms with Gasteiger partial charge in [0.25, 0.3) is 0 Å². The number of carbonyl (C=O) groups excluding carboxylic acids is 1. The number of nitrogens with one attached hydrogen (secondary N) is 1. The van der Waals surface area contributed by atoms with Crippen LogP contribution in [0.2, 0.25) is 10.0 Å². The number of alkyl halides is 3. The Morgan fingerprint density at radius 1 is 1.15 bits per heavy atom. The van der Waals surface area contributed by atoms with E-state index in [4.69, 9.17) is 23.2 Å². The van der Waals surface area contributed by atoms with Crippen molar-refractivity contribution in [2.45, 2.75) is 11.6 Å². The van der Waals surface area contributed by atoms with Crippen LogP contribution in [0.4, 0.5) is 23.7 Å². The van der Waals surface area contributed by atoms with Crippen LogP contribution >= 0.6 is 35.0 Å². The Kier molecular flexibility index (Phi) is 5.60. The van der Waals surface area contributed by atoms with Gasteiger partial charge in [0.1, 0.15) is 5.37 Å². The number of urea groups is 1. The number of thioether (sulfide) groups is 1. The van der Waals surface area contributed by atoms with Crippen LogP contribution in [-0.2, 0) is 6.18 Å². The zero-order valence-electron chi connectivity index (χ0n) is 13.2. The molecule has 0 bridgehead atoms. The lowest BCUT2D eigenvalue weighted by molar-refractivity contribution is -0.137. The molecule has 1 saturated heterocycles. The van der Waals surface area contributed by atoms with Gasteiger partial charge in [0.05, 0.1) is 21.3 Å². The predicted octanol–water partition coefficient (Wildman–Crippen LogP) is 6.29. The molecular formula is C17H13Cl2F3N2OS. The second-order valence-electron chi connectivity index (χ2n) is 5.57. The molecule has 3 nitrogen and oxygen atoms in total. The Morgan fingerprint density at radius 3 is 2.46 bits per heavy atom. The van der Waals surface area contributed by atoms with E-state index in [2.05, 4.69) is 5.32 Å². The molecule has 9 heteroatoms. The quantitative estimate of drug-likeness (QED) is 0.618. The van der Waals surface area contributed by atoms with Gasteiger partial charge in [-0.25, -0.2) is 4.79 Å². The third kappa shape index (κ3) is 4.05. The van der Waals surface area contributed by atoms with Gasteiger partial charge in [-0.2, -0.15) is 13.2 Å². The van der Waals surface area contributed by atoms with Crippen LogP contribution in [0.1, 0.15) is 16.5 Å². The smallest absolute Gasteiger partial charge is 0.308 e. The lowest BCUT2D eigenvalue weighted by atomic mass is 10.1. The molecule has 0 saturated carbocycles. The Labute approximate surface area is 162 Å². The second kappa shape index (κ2) is 7.58. The van der Waals surface area contributed by atoms with E-state index in [9.17, 15) is 18.0 Å². The number of carbonyl (C=O) groups is 1. The molecule has 1 fully saturated rings. The number of nitrogens with zero attached hydrogens (tertiary/aromatic N) is 1. The van der Waals surface area contributed by atoms with Crippen molar-refractivity contribution in [3.05, 3.63) is 63.6 Å². The average molecular weight is 421 g/mol. The van der Waals surface area contributed by atoms with Crippen LogP contribution in [0.25, 0.3) is 0 Å². The van der Waals surface area contributed by atoms with E-state index in [1.54, 1.807) is 24.3 Å². The van der Waals surface area contributed by atoms with Crippen molar-refractivity contribution < 1.29 is 18.0 Å². The number of hydrogen-bond donors (Lipinski definition) is 1. The summed E-state index contributed by atoms with van der Waals surface area (Å²) in [6.45, 7) is 0.402. The van der Waals surface area contributed by atoms with Gasteiger partial charge < -0.3 is 10.2 Å². The van der Waals surface area contributed by atoms with Crippen LogP contribution in [0, 0.1) is 0 Å². The Bertz CT molecular complexity index is 812. The molecule has 0 radical (unpaired) electrons. The molecule has 1 unspecified atom stereocenters. The van der Waals surface area contributed by atoms with Crippen LogP contribution in [0.5, 0.6) is 0 Å². The third-order valence-electron chi connectivity index (χ3n) is 3.85. The molecule has 2 aromatic carbocycles. The molecule has 1 aliphatic heterocycles. The molecule has 1 aliphatic rings. The minimum Gasteiger partial charge on any atom is -0.308 e. The normalized spacial score (nSPS) is 17.4. The number of rotatable bonds is 2. The summed E-state index contributed by atoms with van der Waals surface area (Å²) in [7, 11) is 0. The lowest BCUT2D eigenvalue weighted by Crippen LogP contribution is -2.34. The average Bonchev–Trinajstić information content (AvgIpc) is 3.07. The summed E-state index contributed by atoms with van der Waals surface area (Å²) in [5, 5.41) is 2.71. The fourth-order valence-corrected chi connectivity index (χ4v) is 4.36. The zero-order valence-corrected chi connectivity index (χ0v) is 15.5. The van der Waals surface area contributed by atoms with E-state index in [0.29, 0.717) is 17.9 Å². The van der Waals surface area contributed by atoms with Crippen LogP contribution in [0.3, 0.4) is 0 Å². The van der Waals surface area contributed by atoms with Crippen molar-refractivity contribution in [2.24, 2.45) is 0 Å². The molecule has 26 heavy (non-hydrogen) atoms. The van der Waals surface area contributed by atoms with Crippen molar-refractivity contribution in [3.63, 3.8) is 0 Å². The highest BCUT2D eigenvalue weighted by molar-refractivity contribution is 7.99. The molecule has 2 amide bonds. The highest BCUT2D eigenvalue weighted by Gasteiger charge is 2.34. The maximum atomic E-state index is 13.0. The maximum absolute atomic E-state index is 13.0. The topological polar surface area (TPSA) is 32.3 Å². The monoisotopic (exact) mass is 420 g/mol. The standard InChI is InChI=1S/C17H13Cl2F3N2OS/c18-12-5-2-6-13(19)14(12)23-16(25)24-7-8-26-15(24)10-3-1-4-11(9-10)17(20,21)22/h1-6,9,15H,7-8H2,(H,23,25). The zero-order chi connectivity index (χ0) is 18.9. The first-order valence-corrected chi connectivity index (χ1v) is 9.38. The number of hydrogen-bond acceptors (Lipinski definition) is 2. The number of anilines is 1. The summed E-state index contributed by atoms with van der Waals surface area (Å²) in [4.78, 5) is 14.1. The minimum atomic E-state index is -4.43. The van der Waals surface area contributed by atoms with E-state index in [0.717, 1.165) is 12.1 Å². The largest absolute Gasteiger partial charge is 0.416 e. The van der Waals surface area contributed by atoms with Crippen molar-refractivity contribution in [1.82, 2.24) is 4.90 Å². The SMILES string of the molecule is O=C(Nc1c(Cl)cccc1Cl)N1CCSC1c1cccc(C(F)(F)F)c1. The molecule has 3 rings (SSSR count). The Morgan fingerprint density at radius 2 is 1.81 bits per heavy atom. The summed E-state index contributed by atoms with van der Waals surface area (Å²) in [6.07, 6.45) is -4.43. The van der Waals surface area contributed by atoms with Gasteiger partial charge in [-0.3, -0.25) is 0 Å². The lowest BCUT2D eigenvalue weighted by Gasteiger charge is -2.25. The first-order chi connectivity index (χ1) is 12.3. The van der Waals surface area contributed by atoms with Gasteiger partial charge in [0.15, 0.2) is 0 Å². The first-order valence-electron chi connectivity index (χ1n) is 7.58. The van der Waals surface area contributed by atoms with Gasteiger partial charge >= 0.3 is 12.2 Å². The maximum Gasteiger partial charge on any atom is 0.416 e. The summed E-state index contributed by atoms with van der Waals surface area (Å²) < 4.78 is 38.9. The first kappa shape index (κ1) is 19.2. The number of benzene rings is 2. The highest BCUT2D eigenvalue weighted by Crippen LogP contribution is 2.41. The molecule has 1 heterocycles. The van der Waals surface area contributed by atoms with Crippen molar-refractivity contribution >= 4 is 46.7 Å². The minimum absolute atomic E-state index is 0.278. The molecule has 2 aromatic rings. The van der Waals surface area contributed by atoms with E-state index >= 15 is 0 Å². The summed E-state index contributed by atoms with van der Waals surface area (Å²) >= 11 is 13.5. The van der Waals surface area contributed by atoms with E-state index in [1.807, 2.05) is 0 Å². The van der Waals surface area contributed by atoms with Gasteiger partial charge in [-0.1, -0.05) is 41.4 Å². The summed E-state index contributed by atoms with van der Waals surface area (Å²) in [6, 6.07) is 9.38. The van der Waals surface area contributed by atoms with Gasteiger partial charge in [0.2, 0.25) is 0 Å². The van der Waals surface area contributed by atoms with Gasteiger partial charge in [-0.15, -0.1) is 11.8 Å². The number of para-hydroxylation sites is 1. The Hall–Kier alpha value is -1.57. The van der Waals surface area contributed by atoms with Crippen molar-refractivity contribution in [1.29, 1.82) is 0 Å². The molecule has 0 aromatic heterocycles. The van der Waals surface area contributed by atoms with Gasteiger partial charge in [-0.05, 0) is 29.8 Å². The molecule has 0 aliphatic carbocycles. The van der Waals surface area contributed by atoms with Crippen LogP contribution in [-0.4, -0.2) is 23.2 Å². The van der Waals surface area contributed by atoms with Crippen LogP contribution < -0.4 is 5.32 Å². The molecular weight excluding hydrogens is 408 g/mol. The van der Waals surface area contributed by atoms with Crippen LogP contribution in [0.15, 0.2) is 42.5 Å². The second-order valence-corrected chi connectivity index (χ2v) is 7.57. The molecule has 138 valence electrons. The van der Waals surface area contributed by atoms with Gasteiger partial charge in [0, 0.05) is 12.3 Å². The summed E-state index contributed by atoms with van der Waals surface area (Å²) in [5.41, 5.74) is -0.0414. The molecule has 1 N–H and O–H groups in total. The Balaban J connectivity index is 1.83. The fourth-order valence-electron chi connectivity index (χ4n) is 2.62.